The zero-order valence-corrected chi connectivity index (χ0v) is 13.9. The number of nitrogens with zero attached hydrogens (tertiary/aromatic N) is 2. The number of para-hydroxylation sites is 1. The Morgan fingerprint density at radius 3 is 2.62 bits per heavy atom. The Kier molecular flexibility index (Phi) is 4.27. The van der Waals surface area contributed by atoms with E-state index in [0.29, 0.717) is 22.5 Å². The molecule has 0 unspecified atom stereocenters. The molecule has 2 aromatic carbocycles. The highest BCUT2D eigenvalue weighted by atomic mass is 35.5. The molecule has 0 aromatic heterocycles. The first kappa shape index (κ1) is 16.1. The molecule has 0 atom stereocenters. The summed E-state index contributed by atoms with van der Waals surface area (Å²) in [6.45, 7) is 1.77. The van der Waals surface area contributed by atoms with Crippen molar-refractivity contribution in [2.24, 2.45) is 5.10 Å². The number of rotatable bonds is 3. The van der Waals surface area contributed by atoms with Crippen molar-refractivity contribution in [1.29, 1.82) is 0 Å². The first-order valence-corrected chi connectivity index (χ1v) is 7.62. The van der Waals surface area contributed by atoms with Crippen molar-refractivity contribution in [3.8, 4) is 11.5 Å². The summed E-state index contributed by atoms with van der Waals surface area (Å²) in [6, 6.07) is 12.4. The second kappa shape index (κ2) is 6.37. The van der Waals surface area contributed by atoms with Crippen molar-refractivity contribution in [3.05, 3.63) is 58.6 Å². The number of amides is 1. The van der Waals surface area contributed by atoms with Gasteiger partial charge in [0.1, 0.15) is 0 Å². The number of halogens is 1. The molecule has 122 valence electrons. The average Bonchev–Trinajstić information content (AvgIpc) is 2.87. The van der Waals surface area contributed by atoms with Crippen LogP contribution >= 0.6 is 11.6 Å². The molecule has 0 spiro atoms. The summed E-state index contributed by atoms with van der Waals surface area (Å²) in [5, 5.41) is 15.6. The molecule has 2 aromatic rings. The third-order valence-corrected chi connectivity index (χ3v) is 3.93. The number of hydrogen-bond donors (Lipinski definition) is 1. The van der Waals surface area contributed by atoms with Gasteiger partial charge in [-0.15, -0.1) is 0 Å². The highest BCUT2D eigenvalue weighted by Crippen LogP contribution is 2.36. The molecule has 24 heavy (non-hydrogen) atoms. The van der Waals surface area contributed by atoms with Crippen molar-refractivity contribution in [2.75, 3.05) is 12.1 Å². The van der Waals surface area contributed by atoms with Crippen LogP contribution in [0, 0.1) is 0 Å². The van der Waals surface area contributed by atoms with E-state index in [-0.39, 0.29) is 22.4 Å². The lowest BCUT2D eigenvalue weighted by Gasteiger charge is -2.11. The van der Waals surface area contributed by atoms with Crippen LogP contribution in [0.2, 0.25) is 5.02 Å². The van der Waals surface area contributed by atoms with Crippen LogP contribution in [-0.4, -0.2) is 23.8 Å². The largest absolute Gasteiger partial charge is 0.503 e. The Labute approximate surface area is 144 Å². The maximum absolute atomic E-state index is 12.7. The molecule has 0 bridgehead atoms. The number of hydrogen-bond acceptors (Lipinski definition) is 4. The number of benzene rings is 2. The molecule has 0 aliphatic carbocycles. The van der Waals surface area contributed by atoms with Crippen LogP contribution in [-0.2, 0) is 4.79 Å². The fourth-order valence-electron chi connectivity index (χ4n) is 2.43. The van der Waals surface area contributed by atoms with E-state index in [4.69, 9.17) is 16.3 Å². The van der Waals surface area contributed by atoms with E-state index >= 15 is 0 Å². The summed E-state index contributed by atoms with van der Waals surface area (Å²) < 4.78 is 5.09. The minimum absolute atomic E-state index is 0.129. The first-order chi connectivity index (χ1) is 11.5. The van der Waals surface area contributed by atoms with Gasteiger partial charge in [0, 0.05) is 0 Å². The number of anilines is 1. The minimum atomic E-state index is -0.220. The maximum atomic E-state index is 12.7. The van der Waals surface area contributed by atoms with Crippen LogP contribution < -0.4 is 9.75 Å². The van der Waals surface area contributed by atoms with Crippen LogP contribution in [0.15, 0.2) is 53.1 Å². The summed E-state index contributed by atoms with van der Waals surface area (Å²) in [4.78, 5) is 12.7. The van der Waals surface area contributed by atoms with Gasteiger partial charge in [0.25, 0.3) is 5.91 Å². The number of phenolic OH excluding ortho intramolecular Hbond substituents is 1. The number of phenols is 1. The van der Waals surface area contributed by atoms with Crippen molar-refractivity contribution in [3.63, 3.8) is 0 Å². The lowest BCUT2D eigenvalue weighted by atomic mass is 10.1. The predicted molar refractivity (Wildman–Crippen MR) is 94.7 cm³/mol. The smallest absolute Gasteiger partial charge is 0.280 e. The normalized spacial score (nSPS) is 15.8. The first-order valence-electron chi connectivity index (χ1n) is 7.24. The quantitative estimate of drug-likeness (QED) is 0.861. The molecule has 0 saturated carbocycles. The molecule has 0 saturated heterocycles. The number of carbonyl (C=O) groups is 1. The van der Waals surface area contributed by atoms with E-state index < -0.39 is 0 Å². The summed E-state index contributed by atoms with van der Waals surface area (Å²) >= 11 is 6.00. The van der Waals surface area contributed by atoms with Gasteiger partial charge in [-0.3, -0.25) is 4.79 Å². The van der Waals surface area contributed by atoms with E-state index in [2.05, 4.69) is 5.10 Å². The third kappa shape index (κ3) is 2.86. The zero-order valence-electron chi connectivity index (χ0n) is 13.2. The molecule has 6 heteroatoms. The van der Waals surface area contributed by atoms with E-state index in [9.17, 15) is 9.90 Å². The Balaban J connectivity index is 1.99. The van der Waals surface area contributed by atoms with Crippen LogP contribution in [0.4, 0.5) is 5.69 Å². The summed E-state index contributed by atoms with van der Waals surface area (Å²) in [5.41, 5.74) is 2.41. The number of hydrazone groups is 1. The Bertz CT molecular complexity index is 860. The van der Waals surface area contributed by atoms with Gasteiger partial charge >= 0.3 is 0 Å². The zero-order chi connectivity index (χ0) is 17.3. The second-order valence-corrected chi connectivity index (χ2v) is 5.66. The van der Waals surface area contributed by atoms with Gasteiger partial charge < -0.3 is 9.84 Å². The van der Waals surface area contributed by atoms with E-state index in [1.807, 2.05) is 30.3 Å². The van der Waals surface area contributed by atoms with Gasteiger partial charge in [-0.1, -0.05) is 29.8 Å². The number of aromatic hydroxyl groups is 1. The summed E-state index contributed by atoms with van der Waals surface area (Å²) in [7, 11) is 1.44. The monoisotopic (exact) mass is 342 g/mol. The van der Waals surface area contributed by atoms with Crippen molar-refractivity contribution in [1.82, 2.24) is 0 Å². The molecular weight excluding hydrogens is 328 g/mol. The summed E-state index contributed by atoms with van der Waals surface area (Å²) in [6.07, 6.45) is 1.68. The topological polar surface area (TPSA) is 62.1 Å². The van der Waals surface area contributed by atoms with Crippen LogP contribution in [0.3, 0.4) is 0 Å². The van der Waals surface area contributed by atoms with Crippen molar-refractivity contribution in [2.45, 2.75) is 6.92 Å². The molecule has 0 radical (unpaired) electrons. The van der Waals surface area contributed by atoms with Gasteiger partial charge in [-0.2, -0.15) is 10.1 Å². The average molecular weight is 343 g/mol. The summed E-state index contributed by atoms with van der Waals surface area (Å²) in [5.74, 6) is -0.105. The Morgan fingerprint density at radius 2 is 1.96 bits per heavy atom. The molecular formula is C18H15ClN2O3. The van der Waals surface area contributed by atoms with E-state index in [0.717, 1.165) is 0 Å². The fourth-order valence-corrected chi connectivity index (χ4v) is 2.65. The number of methoxy groups -OCH3 is 1. The maximum Gasteiger partial charge on any atom is 0.280 e. The second-order valence-electron chi connectivity index (χ2n) is 5.25. The van der Waals surface area contributed by atoms with Crippen molar-refractivity contribution < 1.29 is 14.6 Å². The molecule has 1 aliphatic heterocycles. The fraction of sp³-hybridized carbons (Fsp3) is 0.111. The van der Waals surface area contributed by atoms with Crippen LogP contribution in [0.5, 0.6) is 11.5 Å². The molecule has 1 heterocycles. The predicted octanol–water partition coefficient (Wildman–Crippen LogP) is 3.86. The van der Waals surface area contributed by atoms with Crippen molar-refractivity contribution >= 4 is 35.0 Å². The van der Waals surface area contributed by atoms with Crippen LogP contribution in [0.25, 0.3) is 6.08 Å². The van der Waals surface area contributed by atoms with E-state index in [1.165, 1.54) is 12.1 Å². The standard InChI is InChI=1S/C18H15ClN2O3/c1-11-14(8-12-9-15(19)17(22)16(10-12)24-2)18(23)21(20-11)13-6-4-3-5-7-13/h3-10,22H,1-2H3/b14-8+. The van der Waals surface area contributed by atoms with Crippen LogP contribution in [0.1, 0.15) is 12.5 Å². The van der Waals surface area contributed by atoms with Gasteiger partial charge in [-0.05, 0) is 42.8 Å². The number of ether oxygens (including phenoxy) is 1. The molecule has 1 aliphatic rings. The Morgan fingerprint density at radius 1 is 1.25 bits per heavy atom. The Hall–Kier alpha value is -2.79. The highest BCUT2D eigenvalue weighted by molar-refractivity contribution is 6.33. The minimum Gasteiger partial charge on any atom is -0.503 e. The molecule has 1 N–H and O–H groups in total. The number of carbonyl (C=O) groups excluding carboxylic acids is 1. The van der Waals surface area contributed by atoms with Gasteiger partial charge in [0.2, 0.25) is 0 Å². The van der Waals surface area contributed by atoms with Gasteiger partial charge in [-0.25, -0.2) is 0 Å². The third-order valence-electron chi connectivity index (χ3n) is 3.65. The molecule has 5 nitrogen and oxygen atoms in total. The molecule has 1 amide bonds. The molecule has 0 fully saturated rings. The van der Waals surface area contributed by atoms with Gasteiger partial charge in [0.05, 0.1) is 29.1 Å². The lowest BCUT2D eigenvalue weighted by Crippen LogP contribution is -2.21. The molecule has 3 rings (SSSR count). The van der Waals surface area contributed by atoms with E-state index in [1.54, 1.807) is 25.1 Å². The highest BCUT2D eigenvalue weighted by Gasteiger charge is 2.28. The lowest BCUT2D eigenvalue weighted by molar-refractivity contribution is -0.114. The van der Waals surface area contributed by atoms with Gasteiger partial charge in [0.15, 0.2) is 11.5 Å². The SMILES string of the molecule is COc1cc(/C=C2/C(=O)N(c3ccccc3)N=C2C)cc(Cl)c1O.